The van der Waals surface area contributed by atoms with E-state index in [1.807, 2.05) is 49.4 Å². The minimum absolute atomic E-state index is 0.437. The maximum atomic E-state index is 6.05. The predicted molar refractivity (Wildman–Crippen MR) is 87.3 cm³/mol. The Kier molecular flexibility index (Phi) is 3.80. The van der Waals surface area contributed by atoms with Crippen molar-refractivity contribution in [1.82, 2.24) is 4.98 Å². The van der Waals surface area contributed by atoms with Crippen LogP contribution in [0.2, 0.25) is 0 Å². The molecule has 0 unspecified atom stereocenters. The lowest BCUT2D eigenvalue weighted by Gasteiger charge is -2.12. The van der Waals surface area contributed by atoms with Crippen LogP contribution >= 0.6 is 11.6 Å². The van der Waals surface area contributed by atoms with Crippen molar-refractivity contribution in [2.45, 2.75) is 19.7 Å². The first-order valence-electron chi connectivity index (χ1n) is 6.87. The molecule has 1 heterocycles. The minimum Gasteiger partial charge on any atom is -0.439 e. The summed E-state index contributed by atoms with van der Waals surface area (Å²) in [6, 6.07) is 15.9. The SMILES string of the molecule is Cc1cccc(Oc2cc(CCl)c3ccccc3n2)c1C. The first-order chi connectivity index (χ1) is 10.2. The zero-order valence-electron chi connectivity index (χ0n) is 12.1. The van der Waals surface area contributed by atoms with Gasteiger partial charge in [0, 0.05) is 17.3 Å². The highest BCUT2D eigenvalue weighted by molar-refractivity contribution is 6.18. The van der Waals surface area contributed by atoms with E-state index < -0.39 is 0 Å². The van der Waals surface area contributed by atoms with Crippen LogP contribution in [0.1, 0.15) is 16.7 Å². The van der Waals surface area contributed by atoms with Crippen LogP contribution in [0.15, 0.2) is 48.5 Å². The first-order valence-corrected chi connectivity index (χ1v) is 7.41. The van der Waals surface area contributed by atoms with Crippen molar-refractivity contribution in [3.05, 3.63) is 65.2 Å². The summed E-state index contributed by atoms with van der Waals surface area (Å²) in [5.41, 5.74) is 4.25. The van der Waals surface area contributed by atoms with Crippen LogP contribution < -0.4 is 4.74 Å². The Hall–Kier alpha value is -2.06. The number of nitrogens with zero attached hydrogens (tertiary/aromatic N) is 1. The van der Waals surface area contributed by atoms with Crippen LogP contribution in [-0.2, 0) is 5.88 Å². The standard InChI is InChI=1S/C18H16ClNO/c1-12-6-5-9-17(13(12)2)21-18-10-14(11-19)15-7-3-4-8-16(15)20-18/h3-10H,11H2,1-2H3. The molecule has 0 spiro atoms. The zero-order chi connectivity index (χ0) is 14.8. The number of aromatic nitrogens is 1. The summed E-state index contributed by atoms with van der Waals surface area (Å²) in [4.78, 5) is 4.57. The highest BCUT2D eigenvalue weighted by atomic mass is 35.5. The molecule has 0 bridgehead atoms. The third kappa shape index (κ3) is 2.72. The monoisotopic (exact) mass is 297 g/mol. The van der Waals surface area contributed by atoms with Gasteiger partial charge >= 0.3 is 0 Å². The second-order valence-electron chi connectivity index (χ2n) is 5.07. The number of para-hydroxylation sites is 1. The van der Waals surface area contributed by atoms with Gasteiger partial charge in [-0.1, -0.05) is 30.3 Å². The van der Waals surface area contributed by atoms with Gasteiger partial charge in [0.1, 0.15) is 5.75 Å². The van der Waals surface area contributed by atoms with E-state index in [1.165, 1.54) is 5.56 Å². The molecular formula is C18H16ClNO. The molecule has 0 atom stereocenters. The van der Waals surface area contributed by atoms with E-state index >= 15 is 0 Å². The third-order valence-electron chi connectivity index (χ3n) is 3.69. The summed E-state index contributed by atoms with van der Waals surface area (Å²) in [6.45, 7) is 4.12. The van der Waals surface area contributed by atoms with Gasteiger partial charge in [0.15, 0.2) is 0 Å². The molecule has 3 rings (SSSR count). The van der Waals surface area contributed by atoms with Gasteiger partial charge in [-0.25, -0.2) is 4.98 Å². The largest absolute Gasteiger partial charge is 0.439 e. The van der Waals surface area contributed by atoms with Gasteiger partial charge in [-0.2, -0.15) is 0 Å². The van der Waals surface area contributed by atoms with Crippen molar-refractivity contribution < 1.29 is 4.74 Å². The van der Waals surface area contributed by atoms with Crippen LogP contribution in [0, 0.1) is 13.8 Å². The Morgan fingerprint density at radius 3 is 2.67 bits per heavy atom. The number of aryl methyl sites for hydroxylation is 1. The molecule has 0 aliphatic rings. The van der Waals surface area contributed by atoms with Crippen LogP contribution in [0.25, 0.3) is 10.9 Å². The molecular weight excluding hydrogens is 282 g/mol. The highest BCUT2D eigenvalue weighted by Gasteiger charge is 2.08. The van der Waals surface area contributed by atoms with Crippen LogP contribution in [0.4, 0.5) is 0 Å². The van der Waals surface area contributed by atoms with Crippen molar-refractivity contribution >= 4 is 22.5 Å². The molecule has 21 heavy (non-hydrogen) atoms. The molecule has 0 saturated carbocycles. The normalized spacial score (nSPS) is 10.8. The molecule has 2 aromatic carbocycles. The number of ether oxygens (including phenoxy) is 1. The van der Waals surface area contributed by atoms with Crippen molar-refractivity contribution in [3.63, 3.8) is 0 Å². The molecule has 0 saturated heterocycles. The molecule has 0 radical (unpaired) electrons. The number of pyridine rings is 1. The lowest BCUT2D eigenvalue weighted by atomic mass is 10.1. The van der Waals surface area contributed by atoms with Gasteiger partial charge in [0.05, 0.1) is 5.52 Å². The number of hydrogen-bond acceptors (Lipinski definition) is 2. The first kappa shape index (κ1) is 13.9. The molecule has 3 heteroatoms. The fraction of sp³-hybridized carbons (Fsp3) is 0.167. The Morgan fingerprint density at radius 2 is 1.86 bits per heavy atom. The maximum Gasteiger partial charge on any atom is 0.220 e. The van der Waals surface area contributed by atoms with Gasteiger partial charge in [-0.05, 0) is 42.7 Å². The number of alkyl halides is 1. The molecule has 2 nitrogen and oxygen atoms in total. The Balaban J connectivity index is 2.07. The molecule has 106 valence electrons. The van der Waals surface area contributed by atoms with E-state index in [0.717, 1.165) is 27.8 Å². The van der Waals surface area contributed by atoms with Crippen LogP contribution in [0.5, 0.6) is 11.6 Å². The summed E-state index contributed by atoms with van der Waals surface area (Å²) in [7, 11) is 0. The maximum absolute atomic E-state index is 6.05. The average Bonchev–Trinajstić information content (AvgIpc) is 2.51. The molecule has 0 fully saturated rings. The van der Waals surface area contributed by atoms with Gasteiger partial charge in [-0.15, -0.1) is 11.6 Å². The summed E-state index contributed by atoms with van der Waals surface area (Å²) in [5.74, 6) is 1.85. The van der Waals surface area contributed by atoms with Crippen molar-refractivity contribution in [3.8, 4) is 11.6 Å². The minimum atomic E-state index is 0.437. The molecule has 0 N–H and O–H groups in total. The summed E-state index contributed by atoms with van der Waals surface area (Å²) < 4.78 is 5.97. The second-order valence-corrected chi connectivity index (χ2v) is 5.34. The molecule has 0 amide bonds. The number of halogens is 1. The van der Waals surface area contributed by atoms with E-state index in [0.29, 0.717) is 11.8 Å². The lowest BCUT2D eigenvalue weighted by Crippen LogP contribution is -1.94. The summed E-state index contributed by atoms with van der Waals surface area (Å²) in [6.07, 6.45) is 0. The summed E-state index contributed by atoms with van der Waals surface area (Å²) >= 11 is 6.05. The molecule has 3 aromatic rings. The predicted octanol–water partition coefficient (Wildman–Crippen LogP) is 5.38. The average molecular weight is 298 g/mol. The number of benzene rings is 2. The Bertz CT molecular complexity index is 798. The fourth-order valence-corrected chi connectivity index (χ4v) is 2.55. The van der Waals surface area contributed by atoms with Gasteiger partial charge in [-0.3, -0.25) is 0 Å². The van der Waals surface area contributed by atoms with Crippen molar-refractivity contribution in [1.29, 1.82) is 0 Å². The Labute approximate surface area is 129 Å². The lowest BCUT2D eigenvalue weighted by molar-refractivity contribution is 0.460. The topological polar surface area (TPSA) is 22.1 Å². The highest BCUT2D eigenvalue weighted by Crippen LogP contribution is 2.29. The second kappa shape index (κ2) is 5.74. The van der Waals surface area contributed by atoms with E-state index in [9.17, 15) is 0 Å². The van der Waals surface area contributed by atoms with Gasteiger partial charge in [0.2, 0.25) is 5.88 Å². The van der Waals surface area contributed by atoms with E-state index in [1.54, 1.807) is 0 Å². The summed E-state index contributed by atoms with van der Waals surface area (Å²) in [5, 5.41) is 1.07. The van der Waals surface area contributed by atoms with Crippen LogP contribution in [0.3, 0.4) is 0 Å². The van der Waals surface area contributed by atoms with Crippen molar-refractivity contribution in [2.75, 3.05) is 0 Å². The van der Waals surface area contributed by atoms with E-state index in [2.05, 4.69) is 18.0 Å². The molecule has 0 aliphatic heterocycles. The van der Waals surface area contributed by atoms with E-state index in [-0.39, 0.29) is 0 Å². The third-order valence-corrected chi connectivity index (χ3v) is 3.98. The van der Waals surface area contributed by atoms with Gasteiger partial charge in [0.25, 0.3) is 0 Å². The quantitative estimate of drug-likeness (QED) is 0.605. The molecule has 0 aliphatic carbocycles. The zero-order valence-corrected chi connectivity index (χ0v) is 12.8. The van der Waals surface area contributed by atoms with E-state index in [4.69, 9.17) is 16.3 Å². The number of fused-ring (bicyclic) bond motifs is 1. The van der Waals surface area contributed by atoms with Crippen molar-refractivity contribution in [2.24, 2.45) is 0 Å². The number of hydrogen-bond donors (Lipinski definition) is 0. The Morgan fingerprint density at radius 1 is 1.05 bits per heavy atom. The molecule has 1 aromatic heterocycles. The smallest absolute Gasteiger partial charge is 0.220 e. The number of rotatable bonds is 3. The van der Waals surface area contributed by atoms with Crippen LogP contribution in [-0.4, -0.2) is 4.98 Å². The fourth-order valence-electron chi connectivity index (χ4n) is 2.33. The van der Waals surface area contributed by atoms with Gasteiger partial charge < -0.3 is 4.74 Å².